The summed E-state index contributed by atoms with van der Waals surface area (Å²) in [4.78, 5) is 223. The molecular weight excluding hydrogens is 1500 g/mol. The summed E-state index contributed by atoms with van der Waals surface area (Å²) < 4.78 is 0. The Morgan fingerprint density at radius 3 is 1.51 bits per heavy atom. The van der Waals surface area contributed by atoms with Crippen LogP contribution in [0, 0.1) is 34.5 Å². The van der Waals surface area contributed by atoms with Gasteiger partial charge in [0.2, 0.25) is 82.7 Å². The van der Waals surface area contributed by atoms with Gasteiger partial charge in [0.15, 0.2) is 11.9 Å². The Labute approximate surface area is 665 Å². The summed E-state index contributed by atoms with van der Waals surface area (Å²) >= 11 is 0. The van der Waals surface area contributed by atoms with Crippen LogP contribution in [-0.4, -0.2) is 272 Å². The number of guanidine groups is 2. The largest absolute Gasteiger partial charge is 0.481 e. The predicted molar refractivity (Wildman–Crippen MR) is 416 cm³/mol. The zero-order chi connectivity index (χ0) is 86.2. The van der Waals surface area contributed by atoms with Gasteiger partial charge in [-0.25, -0.2) is 0 Å². The summed E-state index contributed by atoms with van der Waals surface area (Å²) in [6.45, 7) is 13.3. The molecule has 42 heteroatoms. The third-order valence-corrected chi connectivity index (χ3v) is 19.0. The van der Waals surface area contributed by atoms with Crippen molar-refractivity contribution in [2.24, 2.45) is 40.9 Å². The van der Waals surface area contributed by atoms with Gasteiger partial charge in [-0.15, -0.1) is 0 Å². The van der Waals surface area contributed by atoms with Gasteiger partial charge >= 0.3 is 11.9 Å². The minimum Gasteiger partial charge on any atom is -0.481 e. The molecule has 2 fully saturated rings. The Morgan fingerprint density at radius 2 is 0.983 bits per heavy atom. The number of carbonyl (C=O) groups is 16. The Bertz CT molecular complexity index is 3780. The number of aliphatic hydroxyl groups is 2. The first-order valence-electron chi connectivity index (χ1n) is 38.4. The fourth-order valence-electron chi connectivity index (χ4n) is 12.9. The van der Waals surface area contributed by atoms with Gasteiger partial charge in [0, 0.05) is 43.3 Å². The Hall–Kier alpha value is -11.3. The van der Waals surface area contributed by atoms with Crippen LogP contribution >= 0.6 is 0 Å². The number of H-pyrrole nitrogens is 1. The molecule has 0 spiro atoms. The lowest BCUT2D eigenvalue weighted by Crippen LogP contribution is -2.61. The van der Waals surface area contributed by atoms with Gasteiger partial charge in [0.05, 0.1) is 38.3 Å². The van der Waals surface area contributed by atoms with E-state index in [9.17, 15) is 97.1 Å². The number of amides is 14. The third kappa shape index (κ3) is 31.2. The van der Waals surface area contributed by atoms with Crippen molar-refractivity contribution in [1.29, 1.82) is 10.8 Å². The van der Waals surface area contributed by atoms with Crippen molar-refractivity contribution in [3.05, 3.63) is 36.0 Å². The molecule has 42 nitrogen and oxygen atoms in total. The van der Waals surface area contributed by atoms with E-state index in [1.54, 1.807) is 61.6 Å². The number of aromatic nitrogens is 1. The first-order chi connectivity index (χ1) is 54.0. The summed E-state index contributed by atoms with van der Waals surface area (Å²) in [5.74, 6) is -18.1. The van der Waals surface area contributed by atoms with Crippen molar-refractivity contribution in [2.75, 3.05) is 45.9 Å². The molecule has 640 valence electrons. The fourth-order valence-corrected chi connectivity index (χ4v) is 12.9. The van der Waals surface area contributed by atoms with Crippen molar-refractivity contribution in [1.82, 2.24) is 89.2 Å². The number of likely N-dealkylation sites (tertiary alicyclic amines) is 2. The molecule has 2 aliphatic heterocycles. The minimum absolute atomic E-state index is 0.00459. The number of carboxylic acids is 2. The van der Waals surface area contributed by atoms with Crippen LogP contribution in [0.1, 0.15) is 145 Å². The SMILES string of the molecule is CC(C)C[C@H](NC(=O)[C@H](CCCNC(=N)N)NC(=O)[C@@H](NC(=O)[C@@H](N)Cc1c[nH]c2ccccc12)[C@@H](C)O)C(=O)N[C@@H](CC(=O)O)C(=O)NCC(=O)N1CCC[C@H]1C(=O)N[C@@H](CC(C)C)C(=O)N1CCC[C@H]1C(=O)N[C@@H](CO)C(=O)NCC(=O)N[C@H](C(=O)N[C@@H](CCCNC(=N)N)C(=O)N[C@H](C(=O)N[C@@H](C)C(=O)O)C(C)C)C(C)C. The molecule has 0 saturated carbocycles. The average Bonchev–Trinajstić information content (AvgIpc) is 1.71. The second-order valence-electron chi connectivity index (χ2n) is 30.2. The van der Waals surface area contributed by atoms with Gasteiger partial charge in [0.25, 0.3) is 0 Å². The van der Waals surface area contributed by atoms with E-state index >= 15 is 0 Å². The van der Waals surface area contributed by atoms with Crippen LogP contribution in [0.25, 0.3) is 10.9 Å². The zero-order valence-electron chi connectivity index (χ0n) is 66.7. The number of aromatic amines is 1. The van der Waals surface area contributed by atoms with E-state index in [1.165, 1.54) is 18.7 Å². The van der Waals surface area contributed by atoms with Crippen molar-refractivity contribution in [3.63, 3.8) is 0 Å². The van der Waals surface area contributed by atoms with Gasteiger partial charge < -0.3 is 127 Å². The van der Waals surface area contributed by atoms with Crippen molar-refractivity contribution >= 4 is 117 Å². The molecule has 0 bridgehead atoms. The highest BCUT2D eigenvalue weighted by Crippen LogP contribution is 2.24. The van der Waals surface area contributed by atoms with E-state index in [2.05, 4.69) is 79.4 Å². The summed E-state index contributed by atoms with van der Waals surface area (Å²) in [7, 11) is 0. The van der Waals surface area contributed by atoms with E-state index in [1.807, 2.05) is 24.3 Å². The highest BCUT2D eigenvalue weighted by Gasteiger charge is 2.43. The summed E-state index contributed by atoms with van der Waals surface area (Å²) in [5, 5.41) is 91.0. The number of aliphatic carboxylic acids is 2. The van der Waals surface area contributed by atoms with Crippen LogP contribution in [0.4, 0.5) is 0 Å². The standard InChI is InChI=1S/C73H118N22O20/c1-35(2)27-47(87-62(105)45(19-13-23-79-72(75)76)86-69(112)58(40(10)97)93-59(102)43(74)29-41-31-81-44-18-12-11-17-42(41)44)64(107)88-48(30-55(100)101)60(103)83-33-54(99)94-25-15-21-51(94)65(108)89-49(28-36(3)4)70(113)95-26-16-22-52(95)66(109)90-50(34-96)61(104)82-32-53(98)91-56(37(5)6)68(111)85-46(20-14-24-80-73(77)78)63(106)92-57(38(7)8)67(110)84-39(9)71(114)115/h11-12,17-18,31,35-40,43,45-52,56-58,81,96-97H,13-16,19-30,32-34,74H2,1-10H3,(H,82,104)(H,83,103)(H,84,110)(H,85,111)(H,86,112)(H,87,105)(H,88,107)(H,89,108)(H,90,109)(H,91,98)(H,92,106)(H,93,102)(H,100,101)(H,114,115)(H4,75,76,79)(H4,77,78,80)/t39-,40+,43-,45-,46-,47-,48-,49-,50-,51-,52-,56-,57-,58-/m0/s1. The minimum atomic E-state index is -1.87. The number of rotatable bonds is 47. The van der Waals surface area contributed by atoms with Crippen LogP contribution in [0.3, 0.4) is 0 Å². The lowest BCUT2D eigenvalue weighted by Gasteiger charge is -2.32. The highest BCUT2D eigenvalue weighted by atomic mass is 16.4. The first-order valence-corrected chi connectivity index (χ1v) is 38.4. The topological polar surface area (TPSA) is 670 Å². The third-order valence-electron chi connectivity index (χ3n) is 19.0. The highest BCUT2D eigenvalue weighted by molar-refractivity contribution is 6.01. The molecule has 2 aromatic rings. The van der Waals surface area contributed by atoms with Crippen molar-refractivity contribution in [2.45, 2.75) is 231 Å². The van der Waals surface area contributed by atoms with Gasteiger partial charge in [-0.1, -0.05) is 73.6 Å². The van der Waals surface area contributed by atoms with E-state index in [-0.39, 0.29) is 115 Å². The molecule has 3 heterocycles. The Balaban J connectivity index is 1.40. The number of para-hydroxylation sites is 1. The lowest BCUT2D eigenvalue weighted by molar-refractivity contribution is -0.144. The Morgan fingerprint density at radius 1 is 0.522 bits per heavy atom. The molecular formula is C73H118N22O20. The summed E-state index contributed by atoms with van der Waals surface area (Å²) in [6.07, 6.45) is -0.148. The van der Waals surface area contributed by atoms with Gasteiger partial charge in [0.1, 0.15) is 72.5 Å². The number of fused-ring (bicyclic) bond motifs is 1. The van der Waals surface area contributed by atoms with Crippen LogP contribution in [0.5, 0.6) is 0 Å². The average molecular weight is 1620 g/mol. The zero-order valence-corrected chi connectivity index (χ0v) is 66.7. The number of aliphatic hydroxyl groups excluding tert-OH is 2. The molecule has 14 atom stereocenters. The number of benzene rings is 1. The lowest BCUT2D eigenvalue weighted by atomic mass is 10.0. The summed E-state index contributed by atoms with van der Waals surface area (Å²) in [6, 6.07) is -11.0. The van der Waals surface area contributed by atoms with E-state index in [4.69, 9.17) is 28.0 Å². The normalized spacial score (nSPS) is 17.1. The number of nitrogens with one attached hydrogen (secondary N) is 17. The van der Waals surface area contributed by atoms with E-state index in [0.29, 0.717) is 5.56 Å². The number of hydrogen-bond donors (Lipinski definition) is 24. The number of carboxylic acid groups (broad SMARTS) is 2. The van der Waals surface area contributed by atoms with Crippen molar-refractivity contribution in [3.8, 4) is 0 Å². The molecule has 1 aromatic carbocycles. The second kappa shape index (κ2) is 46.8. The monoisotopic (exact) mass is 1620 g/mol. The van der Waals surface area contributed by atoms with Gasteiger partial charge in [-0.2, -0.15) is 0 Å². The van der Waals surface area contributed by atoms with Crippen LogP contribution in [0.2, 0.25) is 0 Å². The molecule has 0 aliphatic carbocycles. The summed E-state index contributed by atoms with van der Waals surface area (Å²) in [5.41, 5.74) is 18.6. The van der Waals surface area contributed by atoms with E-state index in [0.717, 1.165) is 15.8 Å². The second-order valence-corrected chi connectivity index (χ2v) is 30.2. The van der Waals surface area contributed by atoms with Gasteiger partial charge in [-0.05, 0) is 120 Å². The number of hydrogen-bond acceptors (Lipinski definition) is 21. The predicted octanol–water partition coefficient (Wildman–Crippen LogP) is -6.02. The molecule has 14 amide bonds. The van der Waals surface area contributed by atoms with E-state index < -0.39 is 223 Å². The molecule has 2 aliphatic rings. The Kier molecular flexibility index (Phi) is 39.1. The fraction of sp³-hybridized carbons (Fsp3) is 0.644. The smallest absolute Gasteiger partial charge is 0.325 e. The maximum atomic E-state index is 14.5. The molecule has 115 heavy (non-hydrogen) atoms. The van der Waals surface area contributed by atoms with Crippen molar-refractivity contribution < 1.29 is 97.1 Å². The van der Waals surface area contributed by atoms with Crippen LogP contribution < -0.4 is 91.6 Å². The molecule has 1 aromatic heterocycles. The number of carbonyl (C=O) groups excluding carboxylic acids is 14. The molecule has 0 radical (unpaired) electrons. The molecule has 0 unspecified atom stereocenters. The maximum absolute atomic E-state index is 14.5. The van der Waals surface area contributed by atoms with Crippen LogP contribution in [0.15, 0.2) is 30.5 Å². The van der Waals surface area contributed by atoms with Gasteiger partial charge in [-0.3, -0.25) is 87.5 Å². The molecule has 2 saturated heterocycles. The quantitative estimate of drug-likeness (QED) is 0.0167. The molecule has 27 N–H and O–H groups in total. The van der Waals surface area contributed by atoms with Crippen LogP contribution in [-0.2, 0) is 83.1 Å². The maximum Gasteiger partial charge on any atom is 0.325 e. The number of nitrogens with zero attached hydrogens (tertiary/aromatic N) is 2. The first kappa shape index (κ1) is 96.1. The molecule has 4 rings (SSSR count). The number of nitrogens with two attached hydrogens (primary N) is 3.